The Morgan fingerprint density at radius 1 is 1.46 bits per heavy atom. The second-order valence-electron chi connectivity index (χ2n) is 5.96. The molecule has 2 atom stereocenters. The van der Waals surface area contributed by atoms with E-state index in [1.165, 1.54) is 5.01 Å². The topological polar surface area (TPSA) is 106 Å². The Labute approximate surface area is 140 Å². The number of ether oxygens (including phenoxy) is 1. The lowest BCUT2D eigenvalue weighted by Gasteiger charge is -2.27. The third-order valence-electron chi connectivity index (χ3n) is 4.01. The van der Waals surface area contributed by atoms with Crippen LogP contribution in [0, 0.1) is 5.92 Å². The summed E-state index contributed by atoms with van der Waals surface area (Å²) in [4.78, 5) is 12.1. The summed E-state index contributed by atoms with van der Waals surface area (Å²) in [6, 6.07) is 5.67. The number of benzene rings is 1. The molecule has 2 unspecified atom stereocenters. The van der Waals surface area contributed by atoms with E-state index in [-0.39, 0.29) is 18.0 Å². The first-order valence-corrected chi connectivity index (χ1v) is 8.00. The molecule has 128 valence electrons. The van der Waals surface area contributed by atoms with Crippen LogP contribution in [0.3, 0.4) is 0 Å². The van der Waals surface area contributed by atoms with Crippen molar-refractivity contribution in [3.63, 3.8) is 0 Å². The lowest BCUT2D eigenvalue weighted by atomic mass is 10.1. The average Bonchev–Trinajstić information content (AvgIpc) is 3.43. The minimum atomic E-state index is -0.528. The van der Waals surface area contributed by atoms with Gasteiger partial charge in [-0.3, -0.25) is 15.5 Å². The van der Waals surface area contributed by atoms with Gasteiger partial charge >= 0.3 is 0 Å². The number of hydrogen-bond donors (Lipinski definition) is 4. The van der Waals surface area contributed by atoms with E-state index in [0.717, 1.165) is 23.3 Å². The van der Waals surface area contributed by atoms with E-state index < -0.39 is 6.23 Å². The molecule has 0 bridgehead atoms. The number of carbonyl (C=O) groups is 1. The summed E-state index contributed by atoms with van der Waals surface area (Å²) in [5, 5.41) is 9.23. The SMILES string of the molecule is CN/C=C\C(N)Oc1ccc2c(c1)=CNC(N(N)C(=O)C1CC1)C=2. The normalized spacial score (nSPS) is 20.2. The van der Waals surface area contributed by atoms with E-state index in [1.54, 1.807) is 19.3 Å². The van der Waals surface area contributed by atoms with Crippen LogP contribution >= 0.6 is 0 Å². The average molecular weight is 329 g/mol. The quantitative estimate of drug-likeness (QED) is 0.222. The first kappa shape index (κ1) is 16.4. The highest BCUT2D eigenvalue weighted by Gasteiger charge is 2.34. The van der Waals surface area contributed by atoms with E-state index >= 15 is 0 Å². The number of hydrogen-bond acceptors (Lipinski definition) is 6. The van der Waals surface area contributed by atoms with Gasteiger partial charge in [-0.15, -0.1) is 0 Å². The first-order chi connectivity index (χ1) is 11.6. The Bertz CT molecular complexity index is 757. The van der Waals surface area contributed by atoms with Gasteiger partial charge in [-0.1, -0.05) is 6.07 Å². The highest BCUT2D eigenvalue weighted by atomic mass is 16.5. The molecule has 1 aromatic rings. The molecule has 1 heterocycles. The fourth-order valence-corrected chi connectivity index (χ4v) is 2.52. The second-order valence-corrected chi connectivity index (χ2v) is 5.96. The van der Waals surface area contributed by atoms with Gasteiger partial charge in [-0.25, -0.2) is 5.84 Å². The summed E-state index contributed by atoms with van der Waals surface area (Å²) in [7, 11) is 1.80. The Morgan fingerprint density at radius 2 is 2.25 bits per heavy atom. The maximum Gasteiger partial charge on any atom is 0.241 e. The van der Waals surface area contributed by atoms with Crippen LogP contribution < -0.4 is 37.4 Å². The van der Waals surface area contributed by atoms with Crippen molar-refractivity contribution in [1.29, 1.82) is 0 Å². The minimum Gasteiger partial charge on any atom is -0.472 e. The Balaban J connectivity index is 1.74. The molecule has 1 amide bonds. The molecule has 6 N–H and O–H groups in total. The zero-order chi connectivity index (χ0) is 17.1. The molecule has 7 heteroatoms. The predicted octanol–water partition coefficient (Wildman–Crippen LogP) is -1.36. The van der Waals surface area contributed by atoms with Crippen molar-refractivity contribution in [2.45, 2.75) is 25.2 Å². The van der Waals surface area contributed by atoms with Gasteiger partial charge in [-0.2, -0.15) is 0 Å². The Kier molecular flexibility index (Phi) is 4.73. The van der Waals surface area contributed by atoms with Crippen LogP contribution in [0.15, 0.2) is 30.5 Å². The molecule has 7 nitrogen and oxygen atoms in total. The molecule has 0 radical (unpaired) electrons. The van der Waals surface area contributed by atoms with Crippen LogP contribution in [0.25, 0.3) is 12.3 Å². The molecule has 1 aliphatic heterocycles. The number of nitrogens with one attached hydrogen (secondary N) is 2. The summed E-state index contributed by atoms with van der Waals surface area (Å²) in [6.45, 7) is 0. The summed E-state index contributed by atoms with van der Waals surface area (Å²) in [6.07, 6.45) is 8.21. The molecule has 0 aromatic heterocycles. The molecular weight excluding hydrogens is 306 g/mol. The highest BCUT2D eigenvalue weighted by molar-refractivity contribution is 5.81. The molecule has 1 saturated carbocycles. The van der Waals surface area contributed by atoms with Crippen molar-refractivity contribution < 1.29 is 9.53 Å². The molecule has 1 aromatic carbocycles. The molecule has 0 spiro atoms. The zero-order valence-electron chi connectivity index (χ0n) is 13.6. The van der Waals surface area contributed by atoms with E-state index in [0.29, 0.717) is 5.75 Å². The van der Waals surface area contributed by atoms with Gasteiger partial charge < -0.3 is 15.4 Å². The molecular formula is C17H23N5O2. The van der Waals surface area contributed by atoms with Crippen LogP contribution in [-0.2, 0) is 4.79 Å². The fraction of sp³-hybridized carbons (Fsp3) is 0.353. The van der Waals surface area contributed by atoms with Crippen LogP contribution in [0.4, 0.5) is 0 Å². The van der Waals surface area contributed by atoms with Gasteiger partial charge in [0.25, 0.3) is 0 Å². The fourth-order valence-electron chi connectivity index (χ4n) is 2.52. The lowest BCUT2D eigenvalue weighted by molar-refractivity contribution is -0.134. The number of carbonyl (C=O) groups excluding carboxylic acids is 1. The van der Waals surface area contributed by atoms with Crippen LogP contribution in [0.1, 0.15) is 12.8 Å². The predicted molar refractivity (Wildman–Crippen MR) is 92.1 cm³/mol. The highest BCUT2D eigenvalue weighted by Crippen LogP contribution is 2.30. The van der Waals surface area contributed by atoms with E-state index in [1.807, 2.05) is 30.5 Å². The third-order valence-corrected chi connectivity index (χ3v) is 4.01. The van der Waals surface area contributed by atoms with Crippen LogP contribution in [0.2, 0.25) is 0 Å². The monoisotopic (exact) mass is 329 g/mol. The smallest absolute Gasteiger partial charge is 0.241 e. The summed E-state index contributed by atoms with van der Waals surface area (Å²) in [5.41, 5.74) is 5.85. The Hall–Kier alpha value is -2.51. The van der Waals surface area contributed by atoms with E-state index in [2.05, 4.69) is 10.6 Å². The van der Waals surface area contributed by atoms with Crippen molar-refractivity contribution >= 4 is 18.2 Å². The summed E-state index contributed by atoms with van der Waals surface area (Å²) < 4.78 is 5.63. The van der Waals surface area contributed by atoms with Crippen molar-refractivity contribution in [3.8, 4) is 5.75 Å². The molecule has 3 rings (SSSR count). The lowest BCUT2D eigenvalue weighted by Crippen LogP contribution is -2.54. The van der Waals surface area contributed by atoms with Crippen molar-refractivity contribution in [1.82, 2.24) is 15.6 Å². The van der Waals surface area contributed by atoms with Crippen molar-refractivity contribution in [2.24, 2.45) is 17.5 Å². The van der Waals surface area contributed by atoms with Gasteiger partial charge in [0.1, 0.15) is 11.9 Å². The third kappa shape index (κ3) is 3.69. The summed E-state index contributed by atoms with van der Waals surface area (Å²) in [5.74, 6) is 6.70. The standard InChI is InChI=1S/C17H23N5O2/c1-20-7-6-15(18)24-14-5-4-12-9-16(21-10-13(12)8-14)22(19)17(23)11-2-3-11/h4-11,15-16,20-21H,2-3,18-19H2,1H3/b7-6-. The molecule has 2 aliphatic rings. The molecule has 1 aliphatic carbocycles. The number of hydrazine groups is 1. The Morgan fingerprint density at radius 3 is 2.96 bits per heavy atom. The largest absolute Gasteiger partial charge is 0.472 e. The number of amides is 1. The maximum atomic E-state index is 12.1. The zero-order valence-corrected chi connectivity index (χ0v) is 13.6. The number of nitrogens with zero attached hydrogens (tertiary/aromatic N) is 1. The van der Waals surface area contributed by atoms with Gasteiger partial charge in [0.15, 0.2) is 6.23 Å². The summed E-state index contributed by atoms with van der Waals surface area (Å²) >= 11 is 0. The maximum absolute atomic E-state index is 12.1. The molecule has 1 fully saturated rings. The molecule has 24 heavy (non-hydrogen) atoms. The van der Waals surface area contributed by atoms with E-state index in [4.69, 9.17) is 16.3 Å². The number of nitrogens with two attached hydrogens (primary N) is 2. The van der Waals surface area contributed by atoms with Crippen molar-refractivity contribution in [3.05, 3.63) is 40.9 Å². The van der Waals surface area contributed by atoms with Gasteiger partial charge in [0, 0.05) is 24.4 Å². The van der Waals surface area contributed by atoms with Crippen LogP contribution in [0.5, 0.6) is 5.75 Å². The second kappa shape index (κ2) is 6.94. The number of fused-ring (bicyclic) bond motifs is 1. The minimum absolute atomic E-state index is 0.0113. The van der Waals surface area contributed by atoms with Crippen LogP contribution in [-0.4, -0.2) is 30.4 Å². The van der Waals surface area contributed by atoms with Crippen molar-refractivity contribution in [2.75, 3.05) is 7.05 Å². The van der Waals surface area contributed by atoms with Gasteiger partial charge in [0.05, 0.1) is 0 Å². The van der Waals surface area contributed by atoms with Gasteiger partial charge in [0.2, 0.25) is 5.91 Å². The van der Waals surface area contributed by atoms with E-state index in [9.17, 15) is 4.79 Å². The van der Waals surface area contributed by atoms with Gasteiger partial charge in [-0.05, 0) is 48.5 Å². The first-order valence-electron chi connectivity index (χ1n) is 8.00. The molecule has 0 saturated heterocycles. The number of rotatable bonds is 6.